The lowest BCUT2D eigenvalue weighted by Crippen LogP contribution is -2.04. The number of carbonyl (C=O) groups is 1. The number of hydrogen-bond donors (Lipinski definition) is 1. The number of hydrogen-bond acceptors (Lipinski definition) is 2. The predicted octanol–water partition coefficient (Wildman–Crippen LogP) is 2.84. The van der Waals surface area contributed by atoms with E-state index in [0.717, 1.165) is 5.56 Å². The molecule has 0 aliphatic rings. The molecule has 0 amide bonds. The molecule has 15 heavy (non-hydrogen) atoms. The van der Waals surface area contributed by atoms with Crippen LogP contribution in [0.15, 0.2) is 16.6 Å². The number of halogens is 2. The highest BCUT2D eigenvalue weighted by Crippen LogP contribution is 2.24. The van der Waals surface area contributed by atoms with Crippen molar-refractivity contribution in [3.8, 4) is 6.07 Å². The Bertz CT molecular complexity index is 438. The molecule has 1 N–H and O–H groups in total. The molecule has 78 valence electrons. The Hall–Kier alpha value is -0.860. The number of nitrogens with zero attached hydrogens (tertiary/aromatic N) is 1. The first kappa shape index (κ1) is 12.2. The first-order valence-corrected chi connectivity index (χ1v) is 5.99. The van der Waals surface area contributed by atoms with Gasteiger partial charge in [0.1, 0.15) is 0 Å². The summed E-state index contributed by atoms with van der Waals surface area (Å²) in [6.07, 6.45) is -0.147. The summed E-state index contributed by atoms with van der Waals surface area (Å²) in [6, 6.07) is 5.51. The molecule has 0 aliphatic carbocycles. The maximum atomic E-state index is 10.6. The third kappa shape index (κ3) is 3.05. The van der Waals surface area contributed by atoms with E-state index in [9.17, 15) is 4.79 Å². The lowest BCUT2D eigenvalue weighted by atomic mass is 10.0. The van der Waals surface area contributed by atoms with E-state index >= 15 is 0 Å². The molecule has 3 nitrogen and oxygen atoms in total. The quantitative estimate of drug-likeness (QED) is 0.866. The molecule has 5 heteroatoms. The fourth-order valence-corrected chi connectivity index (χ4v) is 2.17. The number of carboxylic acids is 1. The van der Waals surface area contributed by atoms with Crippen molar-refractivity contribution in [3.63, 3.8) is 0 Å². The van der Waals surface area contributed by atoms with Crippen molar-refractivity contribution in [2.45, 2.75) is 11.8 Å². The maximum absolute atomic E-state index is 10.6. The largest absolute Gasteiger partial charge is 0.481 e. The van der Waals surface area contributed by atoms with Gasteiger partial charge in [-0.2, -0.15) is 5.26 Å². The number of benzene rings is 1. The molecule has 0 unspecified atom stereocenters. The molecule has 1 aromatic carbocycles. The molecular formula is C10H7Br2NO2. The van der Waals surface area contributed by atoms with Crippen LogP contribution in [0, 0.1) is 11.3 Å². The van der Waals surface area contributed by atoms with Crippen molar-refractivity contribution in [1.29, 1.82) is 5.26 Å². The van der Waals surface area contributed by atoms with E-state index in [1.165, 1.54) is 0 Å². The number of carboxylic acid groups (broad SMARTS) is 1. The van der Waals surface area contributed by atoms with Gasteiger partial charge in [0, 0.05) is 9.80 Å². The van der Waals surface area contributed by atoms with Crippen LogP contribution in [0.5, 0.6) is 0 Å². The van der Waals surface area contributed by atoms with Crippen LogP contribution in [0.3, 0.4) is 0 Å². The summed E-state index contributed by atoms with van der Waals surface area (Å²) in [5, 5.41) is 18.2. The third-order valence-corrected chi connectivity index (χ3v) is 3.21. The topological polar surface area (TPSA) is 61.1 Å². The normalized spacial score (nSPS) is 9.67. The minimum Gasteiger partial charge on any atom is -0.481 e. The van der Waals surface area contributed by atoms with Crippen LogP contribution in [0.2, 0.25) is 0 Å². The number of rotatable bonds is 3. The van der Waals surface area contributed by atoms with Crippen LogP contribution < -0.4 is 0 Å². The highest BCUT2D eigenvalue weighted by molar-refractivity contribution is 9.10. The van der Waals surface area contributed by atoms with Gasteiger partial charge in [-0.3, -0.25) is 4.79 Å². The van der Waals surface area contributed by atoms with Gasteiger partial charge in [0.2, 0.25) is 0 Å². The molecule has 0 aromatic heterocycles. The number of aliphatic carboxylic acids is 1. The van der Waals surface area contributed by atoms with E-state index < -0.39 is 5.97 Å². The van der Waals surface area contributed by atoms with Gasteiger partial charge in [-0.1, -0.05) is 31.9 Å². The molecule has 1 aromatic rings. The Labute approximate surface area is 104 Å². The third-order valence-electron chi connectivity index (χ3n) is 1.86. The van der Waals surface area contributed by atoms with Crippen molar-refractivity contribution < 1.29 is 9.90 Å². The number of alkyl halides is 1. The predicted molar refractivity (Wildman–Crippen MR) is 62.8 cm³/mol. The Morgan fingerprint density at radius 1 is 1.53 bits per heavy atom. The first-order valence-electron chi connectivity index (χ1n) is 4.07. The Morgan fingerprint density at radius 3 is 2.67 bits per heavy atom. The van der Waals surface area contributed by atoms with Crippen LogP contribution in [0.25, 0.3) is 0 Å². The van der Waals surface area contributed by atoms with Crippen LogP contribution in [-0.2, 0) is 16.5 Å². The van der Waals surface area contributed by atoms with Crippen molar-refractivity contribution in [3.05, 3.63) is 33.3 Å². The molecule has 0 heterocycles. The monoisotopic (exact) mass is 331 g/mol. The van der Waals surface area contributed by atoms with Crippen LogP contribution in [0.1, 0.15) is 16.7 Å². The van der Waals surface area contributed by atoms with Crippen LogP contribution in [0.4, 0.5) is 0 Å². The summed E-state index contributed by atoms with van der Waals surface area (Å²) < 4.78 is 0.665. The minimum absolute atomic E-state index is 0.147. The Balaban J connectivity index is 3.26. The molecule has 0 spiro atoms. The second-order valence-electron chi connectivity index (χ2n) is 2.92. The zero-order valence-corrected chi connectivity index (χ0v) is 10.8. The fourth-order valence-electron chi connectivity index (χ4n) is 1.20. The van der Waals surface area contributed by atoms with Crippen molar-refractivity contribution in [1.82, 2.24) is 0 Å². The SMILES string of the molecule is N#Cc1cc(CBr)cc(Br)c1CC(=O)O. The van der Waals surface area contributed by atoms with Crippen LogP contribution >= 0.6 is 31.9 Å². The molecule has 0 bridgehead atoms. The second kappa shape index (κ2) is 5.29. The van der Waals surface area contributed by atoms with Gasteiger partial charge in [0.25, 0.3) is 0 Å². The van der Waals surface area contributed by atoms with E-state index in [2.05, 4.69) is 31.9 Å². The van der Waals surface area contributed by atoms with Gasteiger partial charge in [0.15, 0.2) is 0 Å². The highest BCUT2D eigenvalue weighted by Gasteiger charge is 2.12. The van der Waals surface area contributed by atoms with Gasteiger partial charge in [-0.15, -0.1) is 0 Å². The zero-order valence-electron chi connectivity index (χ0n) is 7.63. The second-order valence-corrected chi connectivity index (χ2v) is 4.33. The van der Waals surface area contributed by atoms with E-state index in [4.69, 9.17) is 10.4 Å². The van der Waals surface area contributed by atoms with Crippen molar-refractivity contribution in [2.24, 2.45) is 0 Å². The summed E-state index contributed by atoms with van der Waals surface area (Å²) in [4.78, 5) is 10.6. The minimum atomic E-state index is -0.946. The maximum Gasteiger partial charge on any atom is 0.307 e. The highest BCUT2D eigenvalue weighted by atomic mass is 79.9. The Morgan fingerprint density at radius 2 is 2.20 bits per heavy atom. The van der Waals surface area contributed by atoms with Gasteiger partial charge in [-0.05, 0) is 23.3 Å². The van der Waals surface area contributed by atoms with E-state index in [1.54, 1.807) is 6.07 Å². The molecular weight excluding hydrogens is 326 g/mol. The summed E-state index contributed by atoms with van der Waals surface area (Å²) in [5.74, 6) is -0.946. The zero-order chi connectivity index (χ0) is 11.4. The van der Waals surface area contributed by atoms with Gasteiger partial charge >= 0.3 is 5.97 Å². The summed E-state index contributed by atoms with van der Waals surface area (Å²) >= 11 is 6.56. The average molecular weight is 333 g/mol. The smallest absolute Gasteiger partial charge is 0.307 e. The Kier molecular flexibility index (Phi) is 4.30. The summed E-state index contributed by atoms with van der Waals surface area (Å²) in [6.45, 7) is 0. The molecule has 0 atom stereocenters. The van der Waals surface area contributed by atoms with Gasteiger partial charge in [0.05, 0.1) is 18.1 Å². The average Bonchev–Trinajstić information content (AvgIpc) is 2.20. The van der Waals surface area contributed by atoms with Gasteiger partial charge < -0.3 is 5.11 Å². The van der Waals surface area contributed by atoms with Crippen LogP contribution in [-0.4, -0.2) is 11.1 Å². The molecule has 0 aliphatic heterocycles. The lowest BCUT2D eigenvalue weighted by molar-refractivity contribution is -0.136. The summed E-state index contributed by atoms with van der Waals surface area (Å²) in [7, 11) is 0. The molecule has 0 radical (unpaired) electrons. The van der Waals surface area contributed by atoms with E-state index in [0.29, 0.717) is 20.9 Å². The van der Waals surface area contributed by atoms with E-state index in [1.807, 2.05) is 12.1 Å². The first-order chi connectivity index (χ1) is 7.08. The standard InChI is InChI=1S/C10H7Br2NO2/c11-4-6-1-7(5-13)8(3-10(14)15)9(12)2-6/h1-2H,3-4H2,(H,14,15). The lowest BCUT2D eigenvalue weighted by Gasteiger charge is -2.06. The van der Waals surface area contributed by atoms with Crippen molar-refractivity contribution in [2.75, 3.05) is 0 Å². The summed E-state index contributed by atoms with van der Waals surface area (Å²) in [5.41, 5.74) is 1.86. The van der Waals surface area contributed by atoms with E-state index in [-0.39, 0.29) is 6.42 Å². The molecule has 0 saturated heterocycles. The number of nitriles is 1. The van der Waals surface area contributed by atoms with Crippen molar-refractivity contribution >= 4 is 37.8 Å². The molecule has 0 fully saturated rings. The molecule has 0 saturated carbocycles. The van der Waals surface area contributed by atoms with Gasteiger partial charge in [-0.25, -0.2) is 0 Å². The molecule has 1 rings (SSSR count). The fraction of sp³-hybridized carbons (Fsp3) is 0.200.